The van der Waals surface area contributed by atoms with E-state index >= 15 is 0 Å². The number of carbonyl (C=O) groups excluding carboxylic acids is 2. The second-order valence-electron chi connectivity index (χ2n) is 8.70. The molecule has 4 rings (SSSR count). The van der Waals surface area contributed by atoms with Crippen molar-refractivity contribution in [3.05, 3.63) is 34.9 Å². The molecule has 2 amide bonds. The zero-order valence-corrected chi connectivity index (χ0v) is 18.3. The molecule has 0 unspecified atom stereocenters. The van der Waals surface area contributed by atoms with E-state index in [1.54, 1.807) is 24.3 Å². The highest BCUT2D eigenvalue weighted by Gasteiger charge is 2.37. The molecule has 3 fully saturated rings. The molecule has 2 saturated heterocycles. The van der Waals surface area contributed by atoms with Crippen LogP contribution >= 0.6 is 11.6 Å². The summed E-state index contributed by atoms with van der Waals surface area (Å²) in [6, 6.07) is 6.95. The highest BCUT2D eigenvalue weighted by atomic mass is 35.5. The van der Waals surface area contributed by atoms with Gasteiger partial charge in [-0.05, 0) is 55.9 Å². The van der Waals surface area contributed by atoms with Gasteiger partial charge in [0.05, 0.1) is 12.1 Å². The fourth-order valence-electron chi connectivity index (χ4n) is 5.05. The number of hydrogen-bond acceptors (Lipinski definition) is 4. The number of ether oxygens (including phenoxy) is 1. The third-order valence-electron chi connectivity index (χ3n) is 6.73. The molecule has 0 aromatic heterocycles. The highest BCUT2D eigenvalue weighted by Crippen LogP contribution is 2.31. The van der Waals surface area contributed by atoms with Crippen molar-refractivity contribution in [3.8, 4) is 0 Å². The molecular weight excluding hydrogens is 402 g/mol. The number of nitrogens with one attached hydrogen (secondary N) is 1. The van der Waals surface area contributed by atoms with Crippen molar-refractivity contribution in [2.45, 2.75) is 50.7 Å². The summed E-state index contributed by atoms with van der Waals surface area (Å²) >= 11 is 5.94. The second kappa shape index (κ2) is 10.1. The molecule has 2 aliphatic heterocycles. The molecular formula is C23H32ClN3O3. The minimum atomic E-state index is -0.0957. The molecule has 1 aromatic rings. The Morgan fingerprint density at radius 1 is 1.03 bits per heavy atom. The van der Waals surface area contributed by atoms with Crippen molar-refractivity contribution in [1.29, 1.82) is 0 Å². The van der Waals surface area contributed by atoms with Gasteiger partial charge in [0.1, 0.15) is 0 Å². The summed E-state index contributed by atoms with van der Waals surface area (Å²) < 4.78 is 5.66. The second-order valence-corrected chi connectivity index (χ2v) is 9.14. The minimum absolute atomic E-state index is 0.0339. The van der Waals surface area contributed by atoms with Crippen LogP contribution in [0.3, 0.4) is 0 Å². The van der Waals surface area contributed by atoms with Gasteiger partial charge in [0.25, 0.3) is 5.91 Å². The van der Waals surface area contributed by atoms with Crippen LogP contribution in [0.15, 0.2) is 24.3 Å². The van der Waals surface area contributed by atoms with E-state index in [1.807, 2.05) is 4.90 Å². The van der Waals surface area contributed by atoms with E-state index in [0.717, 1.165) is 45.4 Å². The quantitative estimate of drug-likeness (QED) is 0.749. The van der Waals surface area contributed by atoms with Crippen molar-refractivity contribution >= 4 is 23.4 Å². The lowest BCUT2D eigenvalue weighted by Gasteiger charge is -2.41. The minimum Gasteiger partial charge on any atom is -0.376 e. The molecule has 0 radical (unpaired) electrons. The van der Waals surface area contributed by atoms with E-state index in [9.17, 15) is 9.59 Å². The van der Waals surface area contributed by atoms with E-state index < -0.39 is 0 Å². The Balaban J connectivity index is 1.35. The SMILES string of the molecule is O=C(NC[C@@H]1CCCO1)[C@@H](C1CCCC1)N1CCN(C(=O)c2ccc(Cl)cc2)CC1. The molecule has 1 saturated carbocycles. The Morgan fingerprint density at radius 2 is 1.73 bits per heavy atom. The molecule has 2 atom stereocenters. The molecule has 30 heavy (non-hydrogen) atoms. The summed E-state index contributed by atoms with van der Waals surface area (Å²) in [5, 5.41) is 3.79. The first-order valence-electron chi connectivity index (χ1n) is 11.3. The van der Waals surface area contributed by atoms with Gasteiger partial charge in [0.2, 0.25) is 5.91 Å². The number of nitrogens with zero attached hydrogens (tertiary/aromatic N) is 2. The first kappa shape index (κ1) is 21.6. The van der Waals surface area contributed by atoms with Gasteiger partial charge in [0, 0.05) is 49.9 Å². The molecule has 6 nitrogen and oxygen atoms in total. The fourth-order valence-corrected chi connectivity index (χ4v) is 5.18. The number of rotatable bonds is 6. The number of hydrogen-bond donors (Lipinski definition) is 1. The van der Waals surface area contributed by atoms with Crippen molar-refractivity contribution in [2.75, 3.05) is 39.3 Å². The zero-order chi connectivity index (χ0) is 20.9. The summed E-state index contributed by atoms with van der Waals surface area (Å²) in [5.74, 6) is 0.578. The Morgan fingerprint density at radius 3 is 2.37 bits per heavy atom. The third-order valence-corrected chi connectivity index (χ3v) is 6.98. The van der Waals surface area contributed by atoms with Gasteiger partial charge in [-0.25, -0.2) is 0 Å². The number of carbonyl (C=O) groups is 2. The molecule has 2 heterocycles. The lowest BCUT2D eigenvalue weighted by atomic mass is 9.94. The largest absolute Gasteiger partial charge is 0.376 e. The fraction of sp³-hybridized carbons (Fsp3) is 0.652. The van der Waals surface area contributed by atoms with Crippen molar-refractivity contribution < 1.29 is 14.3 Å². The summed E-state index contributed by atoms with van der Waals surface area (Å²) in [5.41, 5.74) is 0.662. The zero-order valence-electron chi connectivity index (χ0n) is 17.5. The van der Waals surface area contributed by atoms with Crippen LogP contribution in [0.25, 0.3) is 0 Å². The van der Waals surface area contributed by atoms with Gasteiger partial charge < -0.3 is 15.0 Å². The molecule has 3 aliphatic rings. The Hall–Kier alpha value is -1.63. The maximum absolute atomic E-state index is 13.2. The third kappa shape index (κ3) is 5.16. The summed E-state index contributed by atoms with van der Waals surface area (Å²) in [7, 11) is 0. The van der Waals surface area contributed by atoms with E-state index in [0.29, 0.717) is 36.1 Å². The van der Waals surface area contributed by atoms with Crippen LogP contribution in [0.4, 0.5) is 0 Å². The van der Waals surface area contributed by atoms with Crippen LogP contribution in [0.5, 0.6) is 0 Å². The topological polar surface area (TPSA) is 61.9 Å². The first-order valence-corrected chi connectivity index (χ1v) is 11.7. The van der Waals surface area contributed by atoms with Gasteiger partial charge in [-0.2, -0.15) is 0 Å². The average Bonchev–Trinajstić information content (AvgIpc) is 3.48. The van der Waals surface area contributed by atoms with Crippen LogP contribution in [0, 0.1) is 5.92 Å². The predicted molar refractivity (Wildman–Crippen MR) is 117 cm³/mol. The van der Waals surface area contributed by atoms with Gasteiger partial charge in [-0.15, -0.1) is 0 Å². The van der Waals surface area contributed by atoms with Gasteiger partial charge in [-0.1, -0.05) is 24.4 Å². The molecule has 0 bridgehead atoms. The maximum Gasteiger partial charge on any atom is 0.253 e. The Labute approximate surface area is 183 Å². The smallest absolute Gasteiger partial charge is 0.253 e. The van der Waals surface area contributed by atoms with Crippen molar-refractivity contribution in [3.63, 3.8) is 0 Å². The predicted octanol–water partition coefficient (Wildman–Crippen LogP) is 2.95. The molecule has 164 valence electrons. The maximum atomic E-state index is 13.2. The van der Waals surface area contributed by atoms with E-state index in [2.05, 4.69) is 10.2 Å². The molecule has 1 N–H and O–H groups in total. The highest BCUT2D eigenvalue weighted by molar-refractivity contribution is 6.30. The van der Waals surface area contributed by atoms with E-state index in [-0.39, 0.29) is 24.0 Å². The van der Waals surface area contributed by atoms with Crippen LogP contribution in [-0.2, 0) is 9.53 Å². The number of amides is 2. The lowest BCUT2D eigenvalue weighted by Crippen LogP contribution is -2.58. The van der Waals surface area contributed by atoms with Crippen LogP contribution in [0.1, 0.15) is 48.9 Å². The monoisotopic (exact) mass is 433 g/mol. The number of piperazine rings is 1. The Kier molecular flexibility index (Phi) is 7.28. The number of halogens is 1. The lowest BCUT2D eigenvalue weighted by molar-refractivity contribution is -0.129. The van der Waals surface area contributed by atoms with E-state index in [1.165, 1.54) is 12.8 Å². The molecule has 1 aliphatic carbocycles. The number of benzene rings is 1. The van der Waals surface area contributed by atoms with Gasteiger partial charge in [-0.3, -0.25) is 14.5 Å². The summed E-state index contributed by atoms with van der Waals surface area (Å²) in [6.07, 6.45) is 6.90. The van der Waals surface area contributed by atoms with Gasteiger partial charge >= 0.3 is 0 Å². The van der Waals surface area contributed by atoms with Crippen LogP contribution in [0.2, 0.25) is 5.02 Å². The average molecular weight is 434 g/mol. The van der Waals surface area contributed by atoms with E-state index in [4.69, 9.17) is 16.3 Å². The summed E-state index contributed by atoms with van der Waals surface area (Å²) in [4.78, 5) is 30.1. The molecule has 1 aromatic carbocycles. The van der Waals surface area contributed by atoms with Crippen molar-refractivity contribution in [1.82, 2.24) is 15.1 Å². The van der Waals surface area contributed by atoms with Gasteiger partial charge in [0.15, 0.2) is 0 Å². The van der Waals surface area contributed by atoms with Crippen LogP contribution in [-0.4, -0.2) is 73.1 Å². The molecule has 0 spiro atoms. The molecule has 7 heteroatoms. The Bertz CT molecular complexity index is 722. The summed E-state index contributed by atoms with van der Waals surface area (Å²) in [6.45, 7) is 4.16. The normalized spacial score (nSPS) is 24.2. The standard InChI is InChI=1S/C23H32ClN3O3/c24-19-9-7-18(8-10-19)23(29)27-13-11-26(12-14-27)21(17-4-1-2-5-17)22(28)25-16-20-6-3-15-30-20/h7-10,17,20-21H,1-6,11-16H2,(H,25,28)/t20-,21+/m0/s1. The first-order chi connectivity index (χ1) is 14.6. The van der Waals surface area contributed by atoms with Crippen molar-refractivity contribution in [2.24, 2.45) is 5.92 Å². The van der Waals surface area contributed by atoms with Crippen LogP contribution < -0.4 is 5.32 Å².